The van der Waals surface area contributed by atoms with E-state index < -0.39 is 34.7 Å². The van der Waals surface area contributed by atoms with Gasteiger partial charge in [0.15, 0.2) is 0 Å². The number of amides is 2. The molecular weight excluding hydrogens is 330 g/mol. The highest BCUT2D eigenvalue weighted by Crippen LogP contribution is 2.50. The van der Waals surface area contributed by atoms with Crippen LogP contribution < -0.4 is 11.1 Å². The summed E-state index contributed by atoms with van der Waals surface area (Å²) in [5.41, 5.74) is 6.83. The van der Waals surface area contributed by atoms with Crippen LogP contribution in [0.5, 0.6) is 0 Å². The number of β-lactam (4-membered cyclic amide) rings is 1. The monoisotopic (exact) mass is 351 g/mol. The van der Waals surface area contributed by atoms with E-state index in [4.69, 9.17) is 5.73 Å². The van der Waals surface area contributed by atoms with Crippen molar-refractivity contribution in [1.82, 2.24) is 10.2 Å². The third kappa shape index (κ3) is 2.63. The number of nitrogens with one attached hydrogen (secondary N) is 1. The Morgan fingerprint density at radius 2 is 2.17 bits per heavy atom. The summed E-state index contributed by atoms with van der Waals surface area (Å²) >= 11 is 1.40. The van der Waals surface area contributed by atoms with Crippen molar-refractivity contribution in [3.8, 4) is 0 Å². The fourth-order valence-corrected chi connectivity index (χ4v) is 5.05. The molecular formula is C16H21N3O4S. The Kier molecular flexibility index (Phi) is 4.21. The van der Waals surface area contributed by atoms with Gasteiger partial charge in [-0.05, 0) is 32.3 Å². The van der Waals surface area contributed by atoms with E-state index in [1.54, 1.807) is 13.8 Å². The zero-order valence-electron chi connectivity index (χ0n) is 13.6. The predicted molar refractivity (Wildman–Crippen MR) is 90.1 cm³/mol. The van der Waals surface area contributed by atoms with Crippen LogP contribution in [0.1, 0.15) is 26.7 Å². The lowest BCUT2D eigenvalue weighted by atomic mass is 9.95. The molecule has 0 radical (unpaired) electrons. The van der Waals surface area contributed by atoms with Crippen molar-refractivity contribution in [2.24, 2.45) is 5.73 Å². The van der Waals surface area contributed by atoms with Crippen LogP contribution in [0.2, 0.25) is 0 Å². The number of fused-ring (bicyclic) bond motifs is 1. The molecule has 2 fully saturated rings. The van der Waals surface area contributed by atoms with E-state index in [1.165, 1.54) is 16.7 Å². The van der Waals surface area contributed by atoms with E-state index in [2.05, 4.69) is 5.32 Å². The summed E-state index contributed by atoms with van der Waals surface area (Å²) in [6.07, 6.45) is 7.27. The molecule has 2 amide bonds. The summed E-state index contributed by atoms with van der Waals surface area (Å²) in [6, 6.07) is -2.38. The largest absolute Gasteiger partial charge is 0.480 e. The number of rotatable bonds is 4. The number of carbonyl (C=O) groups is 3. The molecule has 24 heavy (non-hydrogen) atoms. The van der Waals surface area contributed by atoms with E-state index in [-0.39, 0.29) is 11.3 Å². The van der Waals surface area contributed by atoms with Crippen molar-refractivity contribution >= 4 is 29.5 Å². The molecule has 2 saturated heterocycles. The SMILES string of the molecule is CC1(C)S[C@@H]2C(NC(=O)C(N)C3=CCC=CC3)C(=O)N2[C@H]1C(=O)O. The van der Waals surface area contributed by atoms with Gasteiger partial charge in [-0.1, -0.05) is 18.2 Å². The van der Waals surface area contributed by atoms with Gasteiger partial charge in [0.25, 0.3) is 0 Å². The molecule has 8 heteroatoms. The van der Waals surface area contributed by atoms with E-state index in [0.717, 1.165) is 12.0 Å². The first-order chi connectivity index (χ1) is 11.2. The lowest BCUT2D eigenvalue weighted by Gasteiger charge is -2.43. The maximum atomic E-state index is 12.4. The van der Waals surface area contributed by atoms with Gasteiger partial charge in [0.1, 0.15) is 23.5 Å². The van der Waals surface area contributed by atoms with Crippen LogP contribution in [0.15, 0.2) is 23.8 Å². The number of hydrogen-bond acceptors (Lipinski definition) is 5. The van der Waals surface area contributed by atoms with Gasteiger partial charge in [0.2, 0.25) is 11.8 Å². The summed E-state index contributed by atoms with van der Waals surface area (Å²) in [5.74, 6) is -1.78. The minimum atomic E-state index is -1.02. The minimum Gasteiger partial charge on any atom is -0.480 e. The quantitative estimate of drug-likeness (QED) is 0.493. The smallest absolute Gasteiger partial charge is 0.327 e. The third-order valence-corrected chi connectivity index (χ3v) is 6.26. The molecule has 130 valence electrons. The van der Waals surface area contributed by atoms with Crippen molar-refractivity contribution in [2.45, 2.75) is 54.9 Å². The van der Waals surface area contributed by atoms with Crippen molar-refractivity contribution < 1.29 is 19.5 Å². The van der Waals surface area contributed by atoms with E-state index in [1.807, 2.05) is 18.2 Å². The molecule has 4 N–H and O–H groups in total. The average Bonchev–Trinajstić information content (AvgIpc) is 2.80. The second-order valence-electron chi connectivity index (χ2n) is 6.75. The molecule has 0 aromatic carbocycles. The standard InChI is InChI=1S/C16H21N3O4S/c1-16(2)11(15(22)23)19-13(21)10(14(19)24-16)18-12(20)9(17)8-6-4-3-5-7-8/h3-4,7,9-11,14H,5-6,17H2,1-2H3,(H,18,20)(H,22,23)/t9?,10?,11-,14+/m0/s1. The second kappa shape index (κ2) is 5.93. The van der Waals surface area contributed by atoms with Gasteiger partial charge in [-0.15, -0.1) is 11.8 Å². The topological polar surface area (TPSA) is 113 Å². The van der Waals surface area contributed by atoms with E-state index in [9.17, 15) is 19.5 Å². The molecule has 7 nitrogen and oxygen atoms in total. The number of allylic oxidation sites excluding steroid dienone is 3. The zero-order valence-corrected chi connectivity index (χ0v) is 14.4. The Bertz CT molecular complexity index is 658. The number of nitrogens with zero attached hydrogens (tertiary/aromatic N) is 1. The molecule has 0 aromatic rings. The fraction of sp³-hybridized carbons (Fsp3) is 0.562. The first-order valence-corrected chi connectivity index (χ1v) is 8.74. The van der Waals surface area contributed by atoms with E-state index in [0.29, 0.717) is 6.42 Å². The predicted octanol–water partition coefficient (Wildman–Crippen LogP) is 0.222. The molecule has 0 spiro atoms. The Balaban J connectivity index is 1.68. The number of thioether (sulfide) groups is 1. The van der Waals surface area contributed by atoms with Gasteiger partial charge in [-0.3, -0.25) is 9.59 Å². The molecule has 1 aliphatic carbocycles. The maximum Gasteiger partial charge on any atom is 0.327 e. The van der Waals surface area contributed by atoms with Gasteiger partial charge in [0.05, 0.1) is 0 Å². The lowest BCUT2D eigenvalue weighted by molar-refractivity contribution is -0.161. The highest BCUT2D eigenvalue weighted by Gasteiger charge is 2.64. The van der Waals surface area contributed by atoms with Crippen molar-refractivity contribution in [2.75, 3.05) is 0 Å². The Morgan fingerprint density at radius 3 is 2.75 bits per heavy atom. The van der Waals surface area contributed by atoms with Gasteiger partial charge in [-0.25, -0.2) is 4.79 Å². The first kappa shape index (κ1) is 17.0. The van der Waals surface area contributed by atoms with Crippen molar-refractivity contribution in [3.63, 3.8) is 0 Å². The van der Waals surface area contributed by atoms with Gasteiger partial charge in [-0.2, -0.15) is 0 Å². The van der Waals surface area contributed by atoms with Crippen LogP contribution in [-0.4, -0.2) is 56.0 Å². The molecule has 2 unspecified atom stereocenters. The van der Waals surface area contributed by atoms with E-state index >= 15 is 0 Å². The minimum absolute atomic E-state index is 0.356. The number of hydrogen-bond donors (Lipinski definition) is 3. The molecule has 0 saturated carbocycles. The summed E-state index contributed by atoms with van der Waals surface area (Å²) in [4.78, 5) is 37.5. The molecule has 4 atom stereocenters. The number of nitrogens with two attached hydrogens (primary N) is 1. The second-order valence-corrected chi connectivity index (χ2v) is 8.52. The Hall–Kier alpha value is -1.80. The van der Waals surface area contributed by atoms with Crippen LogP contribution in [0.3, 0.4) is 0 Å². The third-order valence-electron chi connectivity index (χ3n) is 4.69. The van der Waals surface area contributed by atoms with Crippen LogP contribution in [0.25, 0.3) is 0 Å². The summed E-state index contributed by atoms with van der Waals surface area (Å²) in [6.45, 7) is 3.59. The lowest BCUT2D eigenvalue weighted by Crippen LogP contribution is -2.71. The summed E-state index contributed by atoms with van der Waals surface area (Å²) in [7, 11) is 0. The Labute approximate surface area is 144 Å². The van der Waals surface area contributed by atoms with Crippen LogP contribution >= 0.6 is 11.8 Å². The highest BCUT2D eigenvalue weighted by atomic mass is 32.2. The molecule has 0 aromatic heterocycles. The van der Waals surface area contributed by atoms with Crippen LogP contribution in [-0.2, 0) is 14.4 Å². The average molecular weight is 351 g/mol. The zero-order chi connectivity index (χ0) is 17.6. The normalized spacial score (nSPS) is 31.8. The highest BCUT2D eigenvalue weighted by molar-refractivity contribution is 8.01. The number of carbonyl (C=O) groups excluding carboxylic acids is 2. The van der Waals surface area contributed by atoms with Gasteiger partial charge >= 0.3 is 5.97 Å². The van der Waals surface area contributed by atoms with Gasteiger partial charge < -0.3 is 21.1 Å². The summed E-state index contributed by atoms with van der Waals surface area (Å²) in [5, 5.41) is 11.7. The van der Waals surface area contributed by atoms with Crippen molar-refractivity contribution in [1.29, 1.82) is 0 Å². The molecule has 2 heterocycles. The molecule has 2 aliphatic heterocycles. The van der Waals surface area contributed by atoms with Gasteiger partial charge in [0, 0.05) is 4.75 Å². The number of aliphatic carboxylic acids is 1. The molecule has 3 rings (SSSR count). The molecule has 3 aliphatic rings. The van der Waals surface area contributed by atoms with Crippen LogP contribution in [0.4, 0.5) is 0 Å². The maximum absolute atomic E-state index is 12.4. The number of carboxylic acids is 1. The summed E-state index contributed by atoms with van der Waals surface area (Å²) < 4.78 is -0.607. The Morgan fingerprint density at radius 1 is 1.46 bits per heavy atom. The van der Waals surface area contributed by atoms with Crippen LogP contribution in [0, 0.1) is 0 Å². The first-order valence-electron chi connectivity index (χ1n) is 7.86. The fourth-order valence-electron chi connectivity index (χ4n) is 3.43. The van der Waals surface area contributed by atoms with Crippen molar-refractivity contribution in [3.05, 3.63) is 23.8 Å². The number of carboxylic acid groups (broad SMARTS) is 1. The molecule has 0 bridgehead atoms.